The van der Waals surface area contributed by atoms with Gasteiger partial charge in [-0.2, -0.15) is 0 Å². The van der Waals surface area contributed by atoms with Gasteiger partial charge in [-0.25, -0.2) is 18.7 Å². The molecule has 1 aromatic heterocycles. The van der Waals surface area contributed by atoms with Crippen LogP contribution in [0.4, 0.5) is 20.3 Å². The molecular weight excluding hydrogens is 299 g/mol. The monoisotopic (exact) mass is 305 g/mol. The summed E-state index contributed by atoms with van der Waals surface area (Å²) in [4.78, 5) is 7.57. The van der Waals surface area contributed by atoms with Crippen LogP contribution in [0.1, 0.15) is 0 Å². The molecule has 0 aliphatic carbocycles. The Morgan fingerprint density at radius 3 is 2.58 bits per heavy atom. The van der Waals surface area contributed by atoms with E-state index in [0.717, 1.165) is 6.07 Å². The van der Waals surface area contributed by atoms with E-state index in [-0.39, 0.29) is 27.4 Å². The van der Waals surface area contributed by atoms with Crippen LogP contribution in [-0.4, -0.2) is 17.1 Å². The molecular formula is C11H7Cl2F2N3O. The molecule has 2 rings (SSSR count). The molecule has 4 nitrogen and oxygen atoms in total. The molecule has 0 atom stereocenters. The van der Waals surface area contributed by atoms with Gasteiger partial charge in [0.25, 0.3) is 0 Å². The van der Waals surface area contributed by atoms with Crippen LogP contribution in [0.25, 0.3) is 0 Å². The van der Waals surface area contributed by atoms with Crippen molar-refractivity contribution in [2.24, 2.45) is 0 Å². The lowest BCUT2D eigenvalue weighted by atomic mass is 10.3. The van der Waals surface area contributed by atoms with Crippen molar-refractivity contribution in [1.29, 1.82) is 0 Å². The number of ether oxygens (including phenoxy) is 1. The number of hydrogen-bond acceptors (Lipinski definition) is 4. The summed E-state index contributed by atoms with van der Waals surface area (Å²) in [5.74, 6) is -1.39. The summed E-state index contributed by atoms with van der Waals surface area (Å²) in [6.07, 6.45) is 1.17. The molecule has 0 aliphatic rings. The quantitative estimate of drug-likeness (QED) is 0.876. The molecule has 0 saturated heterocycles. The zero-order valence-electron chi connectivity index (χ0n) is 9.55. The number of benzene rings is 1. The fourth-order valence-electron chi connectivity index (χ4n) is 1.40. The van der Waals surface area contributed by atoms with Crippen molar-refractivity contribution in [1.82, 2.24) is 9.97 Å². The van der Waals surface area contributed by atoms with Gasteiger partial charge in [0.2, 0.25) is 0 Å². The van der Waals surface area contributed by atoms with E-state index in [2.05, 4.69) is 15.3 Å². The predicted octanol–water partition coefficient (Wildman–Crippen LogP) is 3.81. The fourth-order valence-corrected chi connectivity index (χ4v) is 1.85. The Bertz CT molecular complexity index is 602. The Morgan fingerprint density at radius 1 is 1.21 bits per heavy atom. The third kappa shape index (κ3) is 2.85. The smallest absolute Gasteiger partial charge is 0.199 e. The molecule has 1 heterocycles. The highest BCUT2D eigenvalue weighted by atomic mass is 35.5. The average molecular weight is 306 g/mol. The number of anilines is 2. The van der Waals surface area contributed by atoms with E-state index in [0.29, 0.717) is 6.07 Å². The van der Waals surface area contributed by atoms with E-state index in [9.17, 15) is 8.78 Å². The molecule has 0 unspecified atom stereocenters. The van der Waals surface area contributed by atoms with Gasteiger partial charge < -0.3 is 10.1 Å². The number of hydrogen-bond donors (Lipinski definition) is 1. The molecule has 0 radical (unpaired) electrons. The lowest BCUT2D eigenvalue weighted by Crippen LogP contribution is -2.02. The van der Waals surface area contributed by atoms with Crippen molar-refractivity contribution >= 4 is 34.7 Å². The molecule has 2 aromatic rings. The maximum absolute atomic E-state index is 13.6. The second kappa shape index (κ2) is 5.54. The van der Waals surface area contributed by atoms with Gasteiger partial charge >= 0.3 is 0 Å². The van der Waals surface area contributed by atoms with Crippen molar-refractivity contribution in [3.05, 3.63) is 40.3 Å². The SMILES string of the molecule is COc1c(Cl)ncnc1Nc1c(F)cc(F)cc1Cl. The highest BCUT2D eigenvalue weighted by Crippen LogP contribution is 2.34. The lowest BCUT2D eigenvalue weighted by molar-refractivity contribution is 0.413. The topological polar surface area (TPSA) is 47.0 Å². The summed E-state index contributed by atoms with van der Waals surface area (Å²) >= 11 is 11.6. The summed E-state index contributed by atoms with van der Waals surface area (Å²) in [7, 11) is 1.36. The van der Waals surface area contributed by atoms with Gasteiger partial charge in [-0.05, 0) is 6.07 Å². The minimum atomic E-state index is -0.859. The minimum Gasteiger partial charge on any atom is -0.490 e. The Kier molecular flexibility index (Phi) is 4.01. The Labute approximate surface area is 117 Å². The number of rotatable bonds is 3. The lowest BCUT2D eigenvalue weighted by Gasteiger charge is -2.12. The number of aromatic nitrogens is 2. The minimum absolute atomic E-state index is 0.0543. The molecule has 0 amide bonds. The van der Waals surface area contributed by atoms with Gasteiger partial charge in [0.05, 0.1) is 17.8 Å². The summed E-state index contributed by atoms with van der Waals surface area (Å²) in [6, 6.07) is 1.67. The normalized spacial score (nSPS) is 10.4. The second-order valence-corrected chi connectivity index (χ2v) is 4.18. The van der Waals surface area contributed by atoms with E-state index >= 15 is 0 Å². The fraction of sp³-hybridized carbons (Fsp3) is 0.0909. The number of methoxy groups -OCH3 is 1. The van der Waals surface area contributed by atoms with Crippen LogP contribution in [0, 0.1) is 11.6 Å². The summed E-state index contributed by atoms with van der Waals surface area (Å²) < 4.78 is 31.6. The standard InChI is InChI=1S/C11H7Cl2F2N3O/c1-19-9-10(13)16-4-17-11(9)18-8-6(12)2-5(14)3-7(8)15/h2-4H,1H3,(H,16,17,18). The molecule has 1 N–H and O–H groups in total. The maximum Gasteiger partial charge on any atom is 0.199 e. The zero-order chi connectivity index (χ0) is 14.0. The van der Waals surface area contributed by atoms with Crippen LogP contribution in [-0.2, 0) is 0 Å². The third-order valence-corrected chi connectivity index (χ3v) is 2.78. The van der Waals surface area contributed by atoms with Crippen LogP contribution in [0.2, 0.25) is 10.2 Å². The first-order valence-corrected chi connectivity index (χ1v) is 5.74. The molecule has 8 heteroatoms. The van der Waals surface area contributed by atoms with Crippen LogP contribution in [0.15, 0.2) is 18.5 Å². The Morgan fingerprint density at radius 2 is 1.95 bits per heavy atom. The number of halogens is 4. The molecule has 100 valence electrons. The average Bonchev–Trinajstić information content (AvgIpc) is 2.34. The molecule has 0 bridgehead atoms. The maximum atomic E-state index is 13.6. The molecule has 0 saturated carbocycles. The molecule has 1 aromatic carbocycles. The Balaban J connectivity index is 2.45. The largest absolute Gasteiger partial charge is 0.490 e. The first-order valence-electron chi connectivity index (χ1n) is 4.99. The summed E-state index contributed by atoms with van der Waals surface area (Å²) in [6.45, 7) is 0. The van der Waals surface area contributed by atoms with Crippen molar-refractivity contribution in [3.63, 3.8) is 0 Å². The van der Waals surface area contributed by atoms with E-state index in [4.69, 9.17) is 27.9 Å². The number of nitrogens with zero attached hydrogens (tertiary/aromatic N) is 2. The van der Waals surface area contributed by atoms with Gasteiger partial charge in [-0.3, -0.25) is 0 Å². The van der Waals surface area contributed by atoms with Gasteiger partial charge in [-0.15, -0.1) is 0 Å². The van der Waals surface area contributed by atoms with Gasteiger partial charge in [0, 0.05) is 6.07 Å². The van der Waals surface area contributed by atoms with E-state index in [1.165, 1.54) is 13.4 Å². The first kappa shape index (κ1) is 13.8. The molecule has 0 fully saturated rings. The highest BCUT2D eigenvalue weighted by molar-refractivity contribution is 6.33. The van der Waals surface area contributed by atoms with Gasteiger partial charge in [0.15, 0.2) is 22.5 Å². The Hall–Kier alpha value is -1.66. The van der Waals surface area contributed by atoms with Crippen molar-refractivity contribution < 1.29 is 13.5 Å². The van der Waals surface area contributed by atoms with Crippen molar-refractivity contribution in [2.75, 3.05) is 12.4 Å². The first-order chi connectivity index (χ1) is 9.02. The summed E-state index contributed by atoms with van der Waals surface area (Å²) in [5.41, 5.74) is -0.129. The molecule has 0 aliphatic heterocycles. The zero-order valence-corrected chi connectivity index (χ0v) is 11.1. The number of nitrogens with one attached hydrogen (secondary N) is 1. The molecule has 19 heavy (non-hydrogen) atoms. The van der Waals surface area contributed by atoms with E-state index in [1.807, 2.05) is 0 Å². The van der Waals surface area contributed by atoms with E-state index < -0.39 is 11.6 Å². The van der Waals surface area contributed by atoms with Crippen LogP contribution < -0.4 is 10.1 Å². The third-order valence-electron chi connectivity index (χ3n) is 2.21. The van der Waals surface area contributed by atoms with Gasteiger partial charge in [0.1, 0.15) is 12.1 Å². The van der Waals surface area contributed by atoms with Crippen LogP contribution >= 0.6 is 23.2 Å². The highest BCUT2D eigenvalue weighted by Gasteiger charge is 2.15. The second-order valence-electron chi connectivity index (χ2n) is 3.42. The van der Waals surface area contributed by atoms with Gasteiger partial charge in [-0.1, -0.05) is 23.2 Å². The van der Waals surface area contributed by atoms with Crippen LogP contribution in [0.3, 0.4) is 0 Å². The van der Waals surface area contributed by atoms with Crippen molar-refractivity contribution in [2.45, 2.75) is 0 Å². The predicted molar refractivity (Wildman–Crippen MR) is 68.2 cm³/mol. The summed E-state index contributed by atoms with van der Waals surface area (Å²) in [5, 5.41) is 2.52. The van der Waals surface area contributed by atoms with Crippen molar-refractivity contribution in [3.8, 4) is 5.75 Å². The van der Waals surface area contributed by atoms with Crippen LogP contribution in [0.5, 0.6) is 5.75 Å². The molecule has 0 spiro atoms. The van der Waals surface area contributed by atoms with E-state index in [1.54, 1.807) is 0 Å².